The van der Waals surface area contributed by atoms with Crippen LogP contribution in [-0.2, 0) is 0 Å². The molecular formula is C15H8F11NO. The van der Waals surface area contributed by atoms with Crippen molar-refractivity contribution in [1.82, 2.24) is 0 Å². The maximum atomic E-state index is 14.5. The Morgan fingerprint density at radius 2 is 1.07 bits per heavy atom. The van der Waals surface area contributed by atoms with E-state index in [1.54, 1.807) is 6.07 Å². The highest BCUT2D eigenvalue weighted by atomic mass is 19.4. The van der Waals surface area contributed by atoms with Gasteiger partial charge in [-0.1, -0.05) is 12.1 Å². The Morgan fingerprint density at radius 3 is 1.43 bits per heavy atom. The summed E-state index contributed by atoms with van der Waals surface area (Å²) >= 11 is 0. The number of aliphatic hydroxyl groups excluding tert-OH is 1. The first-order valence-electron chi connectivity index (χ1n) is 7.18. The van der Waals surface area contributed by atoms with Crippen LogP contribution >= 0.6 is 0 Å². The van der Waals surface area contributed by atoms with Crippen LogP contribution < -0.4 is 0 Å². The summed E-state index contributed by atoms with van der Waals surface area (Å²) in [6, 6.07) is 4.77. The molecule has 2 nitrogen and oxygen atoms in total. The van der Waals surface area contributed by atoms with E-state index in [0.717, 1.165) is 24.3 Å². The van der Waals surface area contributed by atoms with Crippen molar-refractivity contribution in [3.05, 3.63) is 35.4 Å². The summed E-state index contributed by atoms with van der Waals surface area (Å²) in [6.07, 6.45) is -5.56. The van der Waals surface area contributed by atoms with Crippen molar-refractivity contribution in [3.8, 4) is 6.07 Å². The summed E-state index contributed by atoms with van der Waals surface area (Å²) in [5.74, 6) is -35.7. The summed E-state index contributed by atoms with van der Waals surface area (Å²) < 4.78 is 149. The lowest BCUT2D eigenvalue weighted by Crippen LogP contribution is -2.83. The molecule has 156 valence electrons. The van der Waals surface area contributed by atoms with Crippen molar-refractivity contribution in [3.63, 3.8) is 0 Å². The van der Waals surface area contributed by atoms with E-state index in [1.165, 1.54) is 0 Å². The monoisotopic (exact) mass is 427 g/mol. The highest BCUT2D eigenvalue weighted by Crippen LogP contribution is 2.70. The van der Waals surface area contributed by atoms with Crippen molar-refractivity contribution >= 4 is 0 Å². The minimum atomic E-state index is -7.29. The van der Waals surface area contributed by atoms with Crippen molar-refractivity contribution in [2.45, 2.75) is 47.8 Å². The van der Waals surface area contributed by atoms with Crippen LogP contribution in [0.4, 0.5) is 48.3 Å². The third kappa shape index (κ3) is 2.36. The Labute approximate surface area is 149 Å². The molecule has 0 amide bonds. The van der Waals surface area contributed by atoms with Crippen LogP contribution in [-0.4, -0.2) is 40.4 Å². The number of rotatable bonds is 3. The molecule has 0 aromatic heterocycles. The molecular weight excluding hydrogens is 419 g/mol. The van der Waals surface area contributed by atoms with Gasteiger partial charge in [0.2, 0.25) is 0 Å². The van der Waals surface area contributed by atoms with Crippen LogP contribution in [0.2, 0.25) is 0 Å². The first-order chi connectivity index (χ1) is 12.4. The van der Waals surface area contributed by atoms with Gasteiger partial charge in [0.15, 0.2) is 0 Å². The molecule has 0 spiro atoms. The van der Waals surface area contributed by atoms with Gasteiger partial charge in [0, 0.05) is 6.42 Å². The molecule has 0 radical (unpaired) electrons. The van der Waals surface area contributed by atoms with E-state index < -0.39 is 53.4 Å². The fourth-order valence-electron chi connectivity index (χ4n) is 2.71. The van der Waals surface area contributed by atoms with E-state index in [0.29, 0.717) is 0 Å². The molecule has 1 unspecified atom stereocenters. The molecule has 1 aliphatic carbocycles. The van der Waals surface area contributed by atoms with Crippen LogP contribution in [0.15, 0.2) is 24.3 Å². The first kappa shape index (κ1) is 22.2. The Kier molecular flexibility index (Phi) is 4.71. The minimum Gasteiger partial charge on any atom is -0.388 e. The molecule has 1 fully saturated rings. The van der Waals surface area contributed by atoms with Crippen LogP contribution in [0.1, 0.15) is 23.7 Å². The molecule has 1 aromatic rings. The van der Waals surface area contributed by atoms with Crippen molar-refractivity contribution in [2.75, 3.05) is 0 Å². The third-order valence-electron chi connectivity index (χ3n) is 4.47. The lowest BCUT2D eigenvalue weighted by atomic mass is 9.69. The summed E-state index contributed by atoms with van der Waals surface area (Å²) in [5.41, 5.74) is -7.04. The number of hydrogen-bond donors (Lipinski definition) is 1. The SMILES string of the molecule is N#Cc1ccc(C(O)CC2(F)C(F)(F)C(F)(F)C(F)(F)C(F)(F)C2(F)F)cc1. The van der Waals surface area contributed by atoms with Gasteiger partial charge < -0.3 is 5.11 Å². The largest absolute Gasteiger partial charge is 0.388 e. The van der Waals surface area contributed by atoms with Gasteiger partial charge in [-0.15, -0.1) is 0 Å². The van der Waals surface area contributed by atoms with E-state index >= 15 is 0 Å². The number of alkyl halides is 11. The standard InChI is InChI=1S/C15H8F11NO/c16-10(5-9(28)8-3-1-7(6-27)2-4-8)11(17,18)13(21,22)15(25,26)14(23,24)12(10,19)20/h1-4,9,28H,5H2. The predicted octanol–water partition coefficient (Wildman–Crippen LogP) is 4.88. The zero-order chi connectivity index (χ0) is 22.0. The minimum absolute atomic E-state index is 0.100. The van der Waals surface area contributed by atoms with Gasteiger partial charge in [0.1, 0.15) is 0 Å². The smallest absolute Gasteiger partial charge is 0.384 e. The van der Waals surface area contributed by atoms with Crippen LogP contribution in [0.3, 0.4) is 0 Å². The Hall–Kier alpha value is -2.10. The number of hydrogen-bond acceptors (Lipinski definition) is 2. The maximum absolute atomic E-state index is 14.5. The summed E-state index contributed by atoms with van der Waals surface area (Å²) in [5, 5.41) is 18.2. The maximum Gasteiger partial charge on any atom is 0.384 e. The van der Waals surface area contributed by atoms with E-state index in [2.05, 4.69) is 0 Å². The van der Waals surface area contributed by atoms with Gasteiger partial charge in [0.05, 0.1) is 17.7 Å². The molecule has 1 aliphatic rings. The molecule has 0 aliphatic heterocycles. The van der Waals surface area contributed by atoms with Crippen molar-refractivity contribution in [2.24, 2.45) is 0 Å². The van der Waals surface area contributed by atoms with E-state index in [-0.39, 0.29) is 5.56 Å². The molecule has 1 aromatic carbocycles. The van der Waals surface area contributed by atoms with E-state index in [1.807, 2.05) is 0 Å². The molecule has 0 bridgehead atoms. The second kappa shape index (κ2) is 5.95. The van der Waals surface area contributed by atoms with Gasteiger partial charge in [-0.2, -0.15) is 49.2 Å². The Balaban J connectivity index is 2.60. The van der Waals surface area contributed by atoms with Crippen molar-refractivity contribution in [1.29, 1.82) is 5.26 Å². The fraction of sp³-hybridized carbons (Fsp3) is 0.533. The molecule has 13 heteroatoms. The second-order valence-corrected chi connectivity index (χ2v) is 6.13. The average molecular weight is 427 g/mol. The first-order valence-corrected chi connectivity index (χ1v) is 7.18. The number of nitriles is 1. The summed E-state index contributed by atoms with van der Waals surface area (Å²) in [6.45, 7) is 0. The number of nitrogens with zero attached hydrogens (tertiary/aromatic N) is 1. The number of halogens is 11. The van der Waals surface area contributed by atoms with Gasteiger partial charge >= 0.3 is 29.6 Å². The Bertz CT molecular complexity index is 767. The fourth-order valence-corrected chi connectivity index (χ4v) is 2.71. The number of benzene rings is 1. The molecule has 2 rings (SSSR count). The molecule has 1 saturated carbocycles. The normalized spacial score (nSPS) is 26.8. The molecule has 0 heterocycles. The second-order valence-electron chi connectivity index (χ2n) is 6.13. The van der Waals surface area contributed by atoms with Crippen LogP contribution in [0, 0.1) is 11.3 Å². The molecule has 1 N–H and O–H groups in total. The van der Waals surface area contributed by atoms with Gasteiger partial charge in [-0.3, -0.25) is 0 Å². The Morgan fingerprint density at radius 1 is 0.714 bits per heavy atom. The lowest BCUT2D eigenvalue weighted by molar-refractivity contribution is -0.487. The highest BCUT2D eigenvalue weighted by molar-refractivity contribution is 5.33. The number of aliphatic hydroxyl groups is 1. The summed E-state index contributed by atoms with van der Waals surface area (Å²) in [4.78, 5) is 0. The van der Waals surface area contributed by atoms with E-state index in [9.17, 15) is 53.4 Å². The highest BCUT2D eigenvalue weighted by Gasteiger charge is 3.00. The predicted molar refractivity (Wildman–Crippen MR) is 69.3 cm³/mol. The lowest BCUT2D eigenvalue weighted by Gasteiger charge is -2.52. The van der Waals surface area contributed by atoms with Gasteiger partial charge in [-0.25, -0.2) is 4.39 Å². The zero-order valence-corrected chi connectivity index (χ0v) is 13.1. The van der Waals surface area contributed by atoms with E-state index in [4.69, 9.17) is 5.26 Å². The molecule has 28 heavy (non-hydrogen) atoms. The van der Waals surface area contributed by atoms with Crippen LogP contribution in [0.25, 0.3) is 0 Å². The zero-order valence-electron chi connectivity index (χ0n) is 13.1. The summed E-state index contributed by atoms with van der Waals surface area (Å²) in [7, 11) is 0. The van der Waals surface area contributed by atoms with Gasteiger partial charge in [0.25, 0.3) is 5.67 Å². The third-order valence-corrected chi connectivity index (χ3v) is 4.47. The molecule has 1 atom stereocenters. The van der Waals surface area contributed by atoms with Gasteiger partial charge in [-0.05, 0) is 17.7 Å². The average Bonchev–Trinajstić information content (AvgIpc) is 2.59. The van der Waals surface area contributed by atoms with Crippen molar-refractivity contribution < 1.29 is 53.4 Å². The molecule has 0 saturated heterocycles. The quantitative estimate of drug-likeness (QED) is 0.699. The topological polar surface area (TPSA) is 44.0 Å². The van der Waals surface area contributed by atoms with Crippen LogP contribution in [0.5, 0.6) is 0 Å².